The van der Waals surface area contributed by atoms with Gasteiger partial charge in [0.25, 0.3) is 0 Å². The van der Waals surface area contributed by atoms with Gasteiger partial charge in [0.05, 0.1) is 6.61 Å². The summed E-state index contributed by atoms with van der Waals surface area (Å²) in [5.41, 5.74) is 0. The van der Waals surface area contributed by atoms with Crippen molar-refractivity contribution in [3.05, 3.63) is 0 Å². The number of carbonyl (C=O) groups excluding carboxylic acids is 1. The van der Waals surface area contributed by atoms with Gasteiger partial charge in [0.15, 0.2) is 18.5 Å². The van der Waals surface area contributed by atoms with E-state index >= 15 is 0 Å². The summed E-state index contributed by atoms with van der Waals surface area (Å²) in [5, 5.41) is 9.37. The normalized spacial score (nSPS) is 43.7. The highest BCUT2D eigenvalue weighted by Gasteiger charge is 2.50. The molecule has 2 aliphatic heterocycles. The Morgan fingerprint density at radius 2 is 2.15 bits per heavy atom. The van der Waals surface area contributed by atoms with Crippen LogP contribution >= 0.6 is 0 Å². The summed E-state index contributed by atoms with van der Waals surface area (Å²) in [6, 6.07) is 0. The van der Waals surface area contributed by atoms with Crippen LogP contribution in [-0.2, 0) is 18.9 Å². The molecule has 1 N–H and O–H groups in total. The van der Waals surface area contributed by atoms with E-state index in [0.717, 1.165) is 0 Å². The van der Waals surface area contributed by atoms with Gasteiger partial charge in [0.2, 0.25) is 0 Å². The summed E-state index contributed by atoms with van der Waals surface area (Å²) in [7, 11) is 1.44. The Labute approximate surface area is 74.3 Å². The molecule has 0 saturated carbocycles. The maximum Gasteiger partial charge on any atom is 0.509 e. The molecule has 6 nitrogen and oxygen atoms in total. The van der Waals surface area contributed by atoms with E-state index in [-0.39, 0.29) is 6.61 Å². The number of methoxy groups -OCH3 is 1. The van der Waals surface area contributed by atoms with E-state index < -0.39 is 30.8 Å². The summed E-state index contributed by atoms with van der Waals surface area (Å²) in [5.74, 6) is 0. The lowest BCUT2D eigenvalue weighted by Gasteiger charge is -2.31. The van der Waals surface area contributed by atoms with Crippen LogP contribution in [0, 0.1) is 0 Å². The Morgan fingerprint density at radius 3 is 2.85 bits per heavy atom. The van der Waals surface area contributed by atoms with Gasteiger partial charge in [-0.25, -0.2) is 4.79 Å². The molecule has 2 heterocycles. The van der Waals surface area contributed by atoms with Gasteiger partial charge >= 0.3 is 6.16 Å². The molecule has 13 heavy (non-hydrogen) atoms. The molecule has 0 aromatic heterocycles. The number of hydrogen-bond acceptors (Lipinski definition) is 6. The summed E-state index contributed by atoms with van der Waals surface area (Å²) in [4.78, 5) is 10.7. The molecule has 2 aliphatic rings. The topological polar surface area (TPSA) is 74.2 Å². The van der Waals surface area contributed by atoms with E-state index in [0.29, 0.717) is 0 Å². The monoisotopic (exact) mass is 190 g/mol. The lowest BCUT2D eigenvalue weighted by Crippen LogP contribution is -2.51. The van der Waals surface area contributed by atoms with E-state index in [4.69, 9.17) is 18.9 Å². The van der Waals surface area contributed by atoms with Crippen LogP contribution in [0.1, 0.15) is 0 Å². The first-order valence-corrected chi connectivity index (χ1v) is 3.92. The highest BCUT2D eigenvalue weighted by atomic mass is 16.8. The summed E-state index contributed by atoms with van der Waals surface area (Å²) in [6.07, 6.45) is -3.63. The van der Waals surface area contributed by atoms with Gasteiger partial charge in [-0.1, -0.05) is 0 Å². The fourth-order valence-electron chi connectivity index (χ4n) is 1.48. The van der Waals surface area contributed by atoms with Crippen molar-refractivity contribution >= 4 is 6.16 Å². The molecule has 6 heteroatoms. The Balaban J connectivity index is 2.12. The van der Waals surface area contributed by atoms with Crippen molar-refractivity contribution in [2.75, 3.05) is 13.7 Å². The molecule has 0 aromatic carbocycles. The molecule has 2 saturated heterocycles. The van der Waals surface area contributed by atoms with E-state index in [9.17, 15) is 9.90 Å². The Bertz CT molecular complexity index is 217. The second kappa shape index (κ2) is 3.13. The number of aliphatic hydroxyl groups is 1. The molecule has 4 atom stereocenters. The van der Waals surface area contributed by atoms with E-state index in [1.165, 1.54) is 7.11 Å². The molecule has 0 aromatic rings. The van der Waals surface area contributed by atoms with Crippen LogP contribution in [0.4, 0.5) is 4.79 Å². The zero-order valence-electron chi connectivity index (χ0n) is 7.00. The van der Waals surface area contributed by atoms with Crippen molar-refractivity contribution < 1.29 is 28.8 Å². The summed E-state index contributed by atoms with van der Waals surface area (Å²) >= 11 is 0. The Morgan fingerprint density at radius 1 is 1.46 bits per heavy atom. The third kappa shape index (κ3) is 1.37. The maximum absolute atomic E-state index is 10.7. The lowest BCUT2D eigenvalue weighted by atomic mass is 10.1. The average molecular weight is 190 g/mol. The molecule has 2 fully saturated rings. The van der Waals surface area contributed by atoms with Gasteiger partial charge in [-0.2, -0.15) is 0 Å². The molecule has 0 amide bonds. The molecule has 4 unspecified atom stereocenters. The van der Waals surface area contributed by atoms with Gasteiger partial charge in [0, 0.05) is 7.11 Å². The fraction of sp³-hybridized carbons (Fsp3) is 0.857. The smallest absolute Gasteiger partial charge is 0.424 e. The van der Waals surface area contributed by atoms with Crippen molar-refractivity contribution in [2.24, 2.45) is 0 Å². The quantitative estimate of drug-likeness (QED) is 0.548. The number of hydrogen-bond donors (Lipinski definition) is 1. The summed E-state index contributed by atoms with van der Waals surface area (Å²) < 4.78 is 19.5. The lowest BCUT2D eigenvalue weighted by molar-refractivity contribution is -0.233. The third-order valence-corrected chi connectivity index (χ3v) is 2.10. The van der Waals surface area contributed by atoms with E-state index in [2.05, 4.69) is 0 Å². The molecule has 74 valence electrons. The predicted molar refractivity (Wildman–Crippen MR) is 37.9 cm³/mol. The van der Waals surface area contributed by atoms with Crippen LogP contribution in [0.15, 0.2) is 0 Å². The third-order valence-electron chi connectivity index (χ3n) is 2.10. The number of carbonyl (C=O) groups is 1. The van der Waals surface area contributed by atoms with Crippen LogP contribution in [0.3, 0.4) is 0 Å². The molecule has 0 radical (unpaired) electrons. The number of rotatable bonds is 1. The molecular formula is C7H10O6. The van der Waals surface area contributed by atoms with Crippen LogP contribution < -0.4 is 0 Å². The standard InChI is InChI=1S/C7H10O6/c1-10-6-5-4(3(8)2-11-6)12-7(9)13-5/h3-6,8H,2H2,1H3. The minimum Gasteiger partial charge on any atom is -0.424 e. The first-order chi connectivity index (χ1) is 6.22. The highest BCUT2D eigenvalue weighted by molar-refractivity contribution is 5.62. The van der Waals surface area contributed by atoms with E-state index in [1.807, 2.05) is 0 Å². The number of aliphatic hydroxyl groups excluding tert-OH is 1. The number of fused-ring (bicyclic) bond motifs is 1. The predicted octanol–water partition coefficient (Wildman–Crippen LogP) is -0.746. The second-order valence-electron chi connectivity index (χ2n) is 2.92. The van der Waals surface area contributed by atoms with Gasteiger partial charge in [-0.3, -0.25) is 0 Å². The van der Waals surface area contributed by atoms with Crippen molar-refractivity contribution in [3.63, 3.8) is 0 Å². The first-order valence-electron chi connectivity index (χ1n) is 3.92. The molecule has 2 rings (SSSR count). The van der Waals surface area contributed by atoms with Gasteiger partial charge in [0.1, 0.15) is 6.10 Å². The molecule has 0 bridgehead atoms. The molecule has 0 aliphatic carbocycles. The van der Waals surface area contributed by atoms with Crippen LogP contribution in [-0.4, -0.2) is 49.6 Å². The van der Waals surface area contributed by atoms with Crippen molar-refractivity contribution in [1.29, 1.82) is 0 Å². The van der Waals surface area contributed by atoms with Crippen molar-refractivity contribution in [2.45, 2.75) is 24.6 Å². The molecular weight excluding hydrogens is 180 g/mol. The Hall–Kier alpha value is -0.850. The van der Waals surface area contributed by atoms with Gasteiger partial charge < -0.3 is 24.1 Å². The highest BCUT2D eigenvalue weighted by Crippen LogP contribution is 2.27. The van der Waals surface area contributed by atoms with E-state index in [1.54, 1.807) is 0 Å². The maximum atomic E-state index is 10.7. The largest absolute Gasteiger partial charge is 0.509 e. The minimum absolute atomic E-state index is 0.0797. The number of ether oxygens (including phenoxy) is 4. The SMILES string of the molecule is COC1OCC(O)C2OC(=O)OC12. The first kappa shape index (κ1) is 8.74. The average Bonchev–Trinajstić information content (AvgIpc) is 2.48. The minimum atomic E-state index is -0.845. The fourth-order valence-corrected chi connectivity index (χ4v) is 1.48. The van der Waals surface area contributed by atoms with Crippen LogP contribution in [0.25, 0.3) is 0 Å². The van der Waals surface area contributed by atoms with Gasteiger partial charge in [-0.15, -0.1) is 0 Å². The van der Waals surface area contributed by atoms with Crippen LogP contribution in [0.2, 0.25) is 0 Å². The second-order valence-corrected chi connectivity index (χ2v) is 2.92. The van der Waals surface area contributed by atoms with Crippen LogP contribution in [0.5, 0.6) is 0 Å². The van der Waals surface area contributed by atoms with Crippen molar-refractivity contribution in [3.8, 4) is 0 Å². The zero-order valence-corrected chi connectivity index (χ0v) is 7.00. The molecule has 0 spiro atoms. The zero-order chi connectivity index (χ0) is 9.42. The Kier molecular flexibility index (Phi) is 2.10. The van der Waals surface area contributed by atoms with Crippen molar-refractivity contribution in [1.82, 2.24) is 0 Å². The van der Waals surface area contributed by atoms with Gasteiger partial charge in [-0.05, 0) is 0 Å². The summed E-state index contributed by atoms with van der Waals surface area (Å²) in [6.45, 7) is 0.0797.